The van der Waals surface area contributed by atoms with Crippen molar-refractivity contribution in [1.29, 1.82) is 0 Å². The summed E-state index contributed by atoms with van der Waals surface area (Å²) in [5, 5.41) is 9.28. The molecule has 1 fully saturated rings. The molecule has 3 heteroatoms. The number of benzene rings is 1. The fourth-order valence-electron chi connectivity index (χ4n) is 1.56. The molecule has 5 N–H and O–H groups in total. The van der Waals surface area contributed by atoms with Crippen molar-refractivity contribution in [3.63, 3.8) is 0 Å². The van der Waals surface area contributed by atoms with Crippen LogP contribution in [0.5, 0.6) is 5.75 Å². The van der Waals surface area contributed by atoms with Gasteiger partial charge in [-0.2, -0.15) is 0 Å². The molecule has 2 rings (SSSR count). The maximum Gasteiger partial charge on any atom is 0.116 e. The van der Waals surface area contributed by atoms with E-state index in [4.69, 9.17) is 11.5 Å². The van der Waals surface area contributed by atoms with Gasteiger partial charge in [-0.15, -0.1) is 0 Å². The number of phenolic OH excluding ortho intramolecular Hbond substituents is 1. The number of aromatic hydroxyl groups is 1. The van der Waals surface area contributed by atoms with Gasteiger partial charge in [0.15, 0.2) is 0 Å². The molecule has 1 aromatic carbocycles. The molecule has 1 aliphatic rings. The molecular formula is C10H14N2O. The first-order valence-electron chi connectivity index (χ1n) is 4.52. The van der Waals surface area contributed by atoms with Gasteiger partial charge in [0.2, 0.25) is 0 Å². The number of rotatable bonds is 2. The molecule has 0 amide bonds. The summed E-state index contributed by atoms with van der Waals surface area (Å²) in [5.74, 6) is 0.796. The number of hydrogen-bond donors (Lipinski definition) is 3. The fourth-order valence-corrected chi connectivity index (χ4v) is 1.56. The van der Waals surface area contributed by atoms with E-state index in [1.807, 2.05) is 0 Å². The van der Waals surface area contributed by atoms with Crippen molar-refractivity contribution in [2.45, 2.75) is 18.9 Å². The van der Waals surface area contributed by atoms with Gasteiger partial charge in [0.05, 0.1) is 0 Å². The van der Waals surface area contributed by atoms with E-state index in [-0.39, 0.29) is 11.8 Å². The molecule has 0 aromatic heterocycles. The first kappa shape index (κ1) is 8.38. The number of nitrogen functional groups attached to an aromatic ring is 1. The highest BCUT2D eigenvalue weighted by molar-refractivity contribution is 5.52. The summed E-state index contributed by atoms with van der Waals surface area (Å²) >= 11 is 0. The second-order valence-corrected chi connectivity index (χ2v) is 3.68. The lowest BCUT2D eigenvalue weighted by molar-refractivity contribution is 0.473. The summed E-state index contributed by atoms with van der Waals surface area (Å²) in [6, 6.07) is 4.94. The van der Waals surface area contributed by atoms with Gasteiger partial charge in [0.1, 0.15) is 5.75 Å². The Hall–Kier alpha value is -1.22. The van der Waals surface area contributed by atoms with E-state index in [0.29, 0.717) is 11.6 Å². The van der Waals surface area contributed by atoms with Crippen molar-refractivity contribution >= 4 is 5.69 Å². The summed E-state index contributed by atoms with van der Waals surface area (Å²) in [5.41, 5.74) is 13.3. The van der Waals surface area contributed by atoms with Gasteiger partial charge < -0.3 is 16.6 Å². The van der Waals surface area contributed by atoms with Crippen molar-refractivity contribution in [1.82, 2.24) is 0 Å². The van der Waals surface area contributed by atoms with E-state index in [1.54, 1.807) is 18.2 Å². The zero-order valence-corrected chi connectivity index (χ0v) is 7.40. The lowest BCUT2D eigenvalue weighted by Crippen LogP contribution is -2.14. The fraction of sp³-hybridized carbons (Fsp3) is 0.400. The molecule has 70 valence electrons. The monoisotopic (exact) mass is 178 g/mol. The van der Waals surface area contributed by atoms with Crippen LogP contribution in [-0.4, -0.2) is 5.11 Å². The third kappa shape index (κ3) is 1.60. The zero-order valence-electron chi connectivity index (χ0n) is 7.40. The molecule has 0 heterocycles. The molecule has 3 nitrogen and oxygen atoms in total. The quantitative estimate of drug-likeness (QED) is 0.473. The number of phenols is 1. The smallest absolute Gasteiger partial charge is 0.116 e. The van der Waals surface area contributed by atoms with Gasteiger partial charge in [-0.3, -0.25) is 0 Å². The number of hydrogen-bond acceptors (Lipinski definition) is 3. The van der Waals surface area contributed by atoms with Crippen LogP contribution in [0.25, 0.3) is 0 Å². The van der Waals surface area contributed by atoms with Crippen molar-refractivity contribution in [2.75, 3.05) is 5.73 Å². The standard InChI is InChI=1S/C10H14N2O/c11-9-4-3-7(13)5-8(9)10(12)6-1-2-6/h3-6,10,13H,1-2,11-12H2. The SMILES string of the molecule is Nc1ccc(O)cc1C(N)C1CC1. The first-order valence-corrected chi connectivity index (χ1v) is 4.52. The Morgan fingerprint density at radius 3 is 2.69 bits per heavy atom. The maximum atomic E-state index is 9.28. The van der Waals surface area contributed by atoms with Crippen LogP contribution in [0.2, 0.25) is 0 Å². The van der Waals surface area contributed by atoms with Crippen molar-refractivity contribution < 1.29 is 5.11 Å². The highest BCUT2D eigenvalue weighted by Crippen LogP contribution is 2.41. The Morgan fingerprint density at radius 1 is 1.38 bits per heavy atom. The number of nitrogens with two attached hydrogens (primary N) is 2. The Labute approximate surface area is 77.4 Å². The van der Waals surface area contributed by atoms with Crippen molar-refractivity contribution in [2.24, 2.45) is 11.7 Å². The Bertz CT molecular complexity index is 321. The summed E-state index contributed by atoms with van der Waals surface area (Å²) in [7, 11) is 0. The summed E-state index contributed by atoms with van der Waals surface area (Å²) < 4.78 is 0. The van der Waals surface area contributed by atoms with Gasteiger partial charge in [-0.25, -0.2) is 0 Å². The molecule has 0 spiro atoms. The zero-order chi connectivity index (χ0) is 9.42. The Kier molecular flexibility index (Phi) is 1.88. The topological polar surface area (TPSA) is 72.3 Å². The van der Waals surface area contributed by atoms with Crippen LogP contribution in [0.3, 0.4) is 0 Å². The predicted octanol–water partition coefficient (Wildman–Crippen LogP) is 1.38. The van der Waals surface area contributed by atoms with Gasteiger partial charge >= 0.3 is 0 Å². The van der Waals surface area contributed by atoms with Crippen LogP contribution in [0.1, 0.15) is 24.4 Å². The normalized spacial score (nSPS) is 18.5. The van der Waals surface area contributed by atoms with E-state index >= 15 is 0 Å². The summed E-state index contributed by atoms with van der Waals surface area (Å²) in [4.78, 5) is 0. The minimum atomic E-state index is -0.00731. The van der Waals surface area contributed by atoms with Crippen molar-refractivity contribution in [3.05, 3.63) is 23.8 Å². The van der Waals surface area contributed by atoms with Gasteiger partial charge in [0.25, 0.3) is 0 Å². The van der Waals surface area contributed by atoms with Gasteiger partial charge in [-0.1, -0.05) is 0 Å². The van der Waals surface area contributed by atoms with E-state index in [1.165, 1.54) is 12.8 Å². The largest absolute Gasteiger partial charge is 0.508 e. The maximum absolute atomic E-state index is 9.28. The molecule has 0 saturated heterocycles. The summed E-state index contributed by atoms with van der Waals surface area (Å²) in [6.45, 7) is 0. The minimum absolute atomic E-state index is 0.00731. The van der Waals surface area contributed by atoms with Crippen LogP contribution in [0, 0.1) is 5.92 Å². The Balaban J connectivity index is 2.31. The van der Waals surface area contributed by atoms with Gasteiger partial charge in [-0.05, 0) is 42.5 Å². The average Bonchev–Trinajstić information content (AvgIpc) is 2.91. The molecule has 1 unspecified atom stereocenters. The van der Waals surface area contributed by atoms with E-state index in [0.717, 1.165) is 5.56 Å². The van der Waals surface area contributed by atoms with Crippen molar-refractivity contribution in [3.8, 4) is 5.75 Å². The third-order valence-corrected chi connectivity index (χ3v) is 2.56. The van der Waals surface area contributed by atoms with E-state index < -0.39 is 0 Å². The molecule has 0 radical (unpaired) electrons. The number of anilines is 1. The Morgan fingerprint density at radius 2 is 2.08 bits per heavy atom. The van der Waals surface area contributed by atoms with Crippen LogP contribution in [0.15, 0.2) is 18.2 Å². The second kappa shape index (κ2) is 2.92. The third-order valence-electron chi connectivity index (χ3n) is 2.56. The lowest BCUT2D eigenvalue weighted by atomic mass is 10.0. The highest BCUT2D eigenvalue weighted by Gasteiger charge is 2.30. The molecule has 13 heavy (non-hydrogen) atoms. The molecule has 1 atom stereocenters. The molecule has 1 aliphatic carbocycles. The molecular weight excluding hydrogens is 164 g/mol. The predicted molar refractivity (Wildman–Crippen MR) is 52.2 cm³/mol. The molecule has 0 aliphatic heterocycles. The van der Waals surface area contributed by atoms with Crippen LogP contribution in [0.4, 0.5) is 5.69 Å². The molecule has 0 bridgehead atoms. The van der Waals surface area contributed by atoms with Crippen LogP contribution in [-0.2, 0) is 0 Å². The van der Waals surface area contributed by atoms with Gasteiger partial charge in [0, 0.05) is 11.7 Å². The summed E-state index contributed by atoms with van der Waals surface area (Å²) in [6.07, 6.45) is 2.35. The first-order chi connectivity index (χ1) is 6.18. The average molecular weight is 178 g/mol. The molecule has 1 aromatic rings. The van der Waals surface area contributed by atoms with E-state index in [2.05, 4.69) is 0 Å². The van der Waals surface area contributed by atoms with Crippen LogP contribution >= 0.6 is 0 Å². The minimum Gasteiger partial charge on any atom is -0.508 e. The second-order valence-electron chi connectivity index (χ2n) is 3.68. The highest BCUT2D eigenvalue weighted by atomic mass is 16.3. The van der Waals surface area contributed by atoms with E-state index in [9.17, 15) is 5.11 Å². The lowest BCUT2D eigenvalue weighted by Gasteiger charge is -2.13. The van der Waals surface area contributed by atoms with Crippen LogP contribution < -0.4 is 11.5 Å². The molecule has 1 saturated carbocycles.